The fourth-order valence-corrected chi connectivity index (χ4v) is 3.61. The van der Waals surface area contributed by atoms with Gasteiger partial charge >= 0.3 is 0 Å². The van der Waals surface area contributed by atoms with Gasteiger partial charge in [0.05, 0.1) is 0 Å². The van der Waals surface area contributed by atoms with Crippen molar-refractivity contribution in [2.24, 2.45) is 5.92 Å². The molecular formula is C14H20N4O2S. The topological polar surface area (TPSA) is 74.3 Å². The lowest BCUT2D eigenvalue weighted by Gasteiger charge is -2.30. The van der Waals surface area contributed by atoms with Gasteiger partial charge in [0.1, 0.15) is 6.04 Å². The van der Waals surface area contributed by atoms with Crippen LogP contribution in [0.15, 0.2) is 11.6 Å². The molecule has 1 unspecified atom stereocenters. The Bertz CT molecular complexity index is 499. The zero-order valence-corrected chi connectivity index (χ0v) is 12.7. The fourth-order valence-electron chi connectivity index (χ4n) is 3.08. The van der Waals surface area contributed by atoms with E-state index in [2.05, 4.69) is 15.6 Å². The second-order valence-electron chi connectivity index (χ2n) is 5.54. The Labute approximate surface area is 127 Å². The zero-order chi connectivity index (χ0) is 14.7. The van der Waals surface area contributed by atoms with E-state index in [0.717, 1.165) is 38.8 Å². The third-order valence-corrected chi connectivity index (χ3v) is 4.88. The van der Waals surface area contributed by atoms with Crippen LogP contribution in [0.1, 0.15) is 25.7 Å². The number of hydrogen-bond donors (Lipinski definition) is 2. The largest absolute Gasteiger partial charge is 0.330 e. The lowest BCUT2D eigenvalue weighted by atomic mass is 9.96. The molecule has 3 heterocycles. The quantitative estimate of drug-likeness (QED) is 0.876. The summed E-state index contributed by atoms with van der Waals surface area (Å²) in [6.45, 7) is 2.47. The van der Waals surface area contributed by atoms with Gasteiger partial charge in [-0.2, -0.15) is 0 Å². The van der Waals surface area contributed by atoms with Crippen LogP contribution in [0, 0.1) is 5.92 Å². The number of nitrogens with zero attached hydrogens (tertiary/aromatic N) is 2. The first kappa shape index (κ1) is 14.5. The van der Waals surface area contributed by atoms with Gasteiger partial charge in [-0.3, -0.25) is 9.59 Å². The monoisotopic (exact) mass is 308 g/mol. The number of hydrogen-bond acceptors (Lipinski definition) is 5. The number of piperidine rings is 1. The first-order valence-electron chi connectivity index (χ1n) is 7.47. The second kappa shape index (κ2) is 6.53. The molecule has 0 saturated carbocycles. The number of carbonyl (C=O) groups excluding carboxylic acids is 2. The standard InChI is InChI=1S/C14H20N4O2S/c19-12(17-14-16-7-9-21-14)11-2-1-8-18(11)13(20)10-3-5-15-6-4-10/h7,9-11,15H,1-6,8H2,(H,16,17,19). The van der Waals surface area contributed by atoms with Gasteiger partial charge in [-0.05, 0) is 38.8 Å². The van der Waals surface area contributed by atoms with E-state index >= 15 is 0 Å². The molecule has 0 aromatic carbocycles. The summed E-state index contributed by atoms with van der Waals surface area (Å²) < 4.78 is 0. The maximum atomic E-state index is 12.6. The number of likely N-dealkylation sites (tertiary alicyclic amines) is 1. The summed E-state index contributed by atoms with van der Waals surface area (Å²) in [5.74, 6) is 0.109. The number of amides is 2. The maximum Gasteiger partial charge on any atom is 0.248 e. The number of nitrogens with one attached hydrogen (secondary N) is 2. The van der Waals surface area contributed by atoms with Crippen molar-refractivity contribution < 1.29 is 9.59 Å². The highest BCUT2D eigenvalue weighted by Crippen LogP contribution is 2.24. The smallest absolute Gasteiger partial charge is 0.248 e. The Hall–Kier alpha value is -1.47. The van der Waals surface area contributed by atoms with Crippen molar-refractivity contribution in [1.82, 2.24) is 15.2 Å². The molecule has 114 valence electrons. The molecule has 2 N–H and O–H groups in total. The van der Waals surface area contributed by atoms with Crippen LogP contribution in [-0.4, -0.2) is 47.4 Å². The van der Waals surface area contributed by atoms with Gasteiger partial charge in [0.25, 0.3) is 0 Å². The molecule has 2 fully saturated rings. The van der Waals surface area contributed by atoms with Crippen LogP contribution in [0.2, 0.25) is 0 Å². The van der Waals surface area contributed by atoms with Crippen molar-refractivity contribution in [3.8, 4) is 0 Å². The van der Waals surface area contributed by atoms with Crippen LogP contribution in [0.25, 0.3) is 0 Å². The van der Waals surface area contributed by atoms with Crippen molar-refractivity contribution in [2.75, 3.05) is 25.0 Å². The van der Waals surface area contributed by atoms with Crippen LogP contribution in [-0.2, 0) is 9.59 Å². The Morgan fingerprint density at radius 1 is 1.33 bits per heavy atom. The summed E-state index contributed by atoms with van der Waals surface area (Å²) in [5, 5.41) is 8.50. The van der Waals surface area contributed by atoms with Gasteiger partial charge in [0.15, 0.2) is 5.13 Å². The molecule has 0 aliphatic carbocycles. The maximum absolute atomic E-state index is 12.6. The van der Waals surface area contributed by atoms with E-state index in [1.807, 2.05) is 5.38 Å². The number of thiazole rings is 1. The lowest BCUT2D eigenvalue weighted by molar-refractivity contribution is -0.140. The number of aromatic nitrogens is 1. The molecule has 2 aliphatic rings. The van der Waals surface area contributed by atoms with Crippen LogP contribution in [0.3, 0.4) is 0 Å². The number of rotatable bonds is 3. The van der Waals surface area contributed by atoms with Crippen molar-refractivity contribution in [1.29, 1.82) is 0 Å². The van der Waals surface area contributed by atoms with Gasteiger partial charge in [-0.15, -0.1) is 11.3 Å². The first-order chi connectivity index (χ1) is 10.3. The highest BCUT2D eigenvalue weighted by Gasteiger charge is 2.37. The van der Waals surface area contributed by atoms with E-state index in [-0.39, 0.29) is 23.8 Å². The Balaban J connectivity index is 1.64. The van der Waals surface area contributed by atoms with E-state index in [1.54, 1.807) is 11.1 Å². The molecule has 6 nitrogen and oxygen atoms in total. The highest BCUT2D eigenvalue weighted by atomic mass is 32.1. The molecule has 7 heteroatoms. The summed E-state index contributed by atoms with van der Waals surface area (Å²) in [6.07, 6.45) is 5.04. The van der Waals surface area contributed by atoms with E-state index in [4.69, 9.17) is 0 Å². The van der Waals surface area contributed by atoms with Crippen molar-refractivity contribution in [3.05, 3.63) is 11.6 Å². The van der Waals surface area contributed by atoms with Gasteiger partial charge in [-0.25, -0.2) is 4.98 Å². The molecule has 0 bridgehead atoms. The van der Waals surface area contributed by atoms with Gasteiger partial charge in [0, 0.05) is 24.0 Å². The minimum absolute atomic E-state index is 0.0690. The second-order valence-corrected chi connectivity index (χ2v) is 6.44. The SMILES string of the molecule is O=C(Nc1nccs1)C1CCCN1C(=O)C1CCNCC1. The predicted octanol–water partition coefficient (Wildman–Crippen LogP) is 1.07. The minimum atomic E-state index is -0.337. The summed E-state index contributed by atoms with van der Waals surface area (Å²) in [5.41, 5.74) is 0. The molecule has 2 aliphatic heterocycles. The predicted molar refractivity (Wildman–Crippen MR) is 81.1 cm³/mol. The molecule has 1 atom stereocenters. The van der Waals surface area contributed by atoms with Crippen LogP contribution in [0.4, 0.5) is 5.13 Å². The Morgan fingerprint density at radius 2 is 2.14 bits per heavy atom. The highest BCUT2D eigenvalue weighted by molar-refractivity contribution is 7.13. The molecule has 0 spiro atoms. The fraction of sp³-hybridized carbons (Fsp3) is 0.643. The number of anilines is 1. The number of carbonyl (C=O) groups is 2. The van der Waals surface area contributed by atoms with Crippen LogP contribution in [0.5, 0.6) is 0 Å². The summed E-state index contributed by atoms with van der Waals surface area (Å²) >= 11 is 1.39. The van der Waals surface area contributed by atoms with Crippen molar-refractivity contribution >= 4 is 28.3 Å². The Morgan fingerprint density at radius 3 is 2.86 bits per heavy atom. The molecule has 0 radical (unpaired) electrons. The van der Waals surface area contributed by atoms with E-state index in [0.29, 0.717) is 11.7 Å². The lowest BCUT2D eigenvalue weighted by Crippen LogP contribution is -2.47. The molecule has 1 aromatic heterocycles. The minimum Gasteiger partial charge on any atom is -0.330 e. The third-order valence-electron chi connectivity index (χ3n) is 4.19. The summed E-state index contributed by atoms with van der Waals surface area (Å²) in [4.78, 5) is 30.8. The van der Waals surface area contributed by atoms with Gasteiger partial charge in [-0.1, -0.05) is 0 Å². The third kappa shape index (κ3) is 3.24. The molecule has 3 rings (SSSR count). The van der Waals surface area contributed by atoms with Gasteiger partial charge < -0.3 is 15.5 Å². The summed E-state index contributed by atoms with van der Waals surface area (Å²) in [6, 6.07) is -0.337. The molecule has 1 aromatic rings. The van der Waals surface area contributed by atoms with E-state index in [1.165, 1.54) is 11.3 Å². The van der Waals surface area contributed by atoms with E-state index < -0.39 is 0 Å². The van der Waals surface area contributed by atoms with Crippen molar-refractivity contribution in [3.63, 3.8) is 0 Å². The average Bonchev–Trinajstić information content (AvgIpc) is 3.18. The molecule has 21 heavy (non-hydrogen) atoms. The molecule has 2 saturated heterocycles. The Kier molecular flexibility index (Phi) is 4.50. The normalized spacial score (nSPS) is 23.2. The molecular weight excluding hydrogens is 288 g/mol. The van der Waals surface area contributed by atoms with E-state index in [9.17, 15) is 9.59 Å². The zero-order valence-electron chi connectivity index (χ0n) is 11.9. The van der Waals surface area contributed by atoms with Crippen molar-refractivity contribution in [2.45, 2.75) is 31.7 Å². The summed E-state index contributed by atoms with van der Waals surface area (Å²) in [7, 11) is 0. The molecule has 2 amide bonds. The first-order valence-corrected chi connectivity index (χ1v) is 8.35. The average molecular weight is 308 g/mol. The van der Waals surface area contributed by atoms with Crippen LogP contribution < -0.4 is 10.6 Å². The van der Waals surface area contributed by atoms with Gasteiger partial charge in [0.2, 0.25) is 11.8 Å². The van der Waals surface area contributed by atoms with Crippen LogP contribution >= 0.6 is 11.3 Å².